The van der Waals surface area contributed by atoms with Crippen molar-refractivity contribution >= 4 is 5.97 Å². The zero-order chi connectivity index (χ0) is 9.14. The van der Waals surface area contributed by atoms with Gasteiger partial charge in [-0.3, -0.25) is 4.79 Å². The van der Waals surface area contributed by atoms with Gasteiger partial charge in [0.05, 0.1) is 12.5 Å². The summed E-state index contributed by atoms with van der Waals surface area (Å²) in [5, 5.41) is 0. The van der Waals surface area contributed by atoms with Crippen LogP contribution in [0.1, 0.15) is 26.7 Å². The van der Waals surface area contributed by atoms with Crippen molar-refractivity contribution in [3.63, 3.8) is 0 Å². The lowest BCUT2D eigenvalue weighted by molar-refractivity contribution is -0.147. The number of carbonyl (C=O) groups is 1. The van der Waals surface area contributed by atoms with Gasteiger partial charge in [-0.15, -0.1) is 0 Å². The average Bonchev–Trinajstić information content (AvgIpc) is 2.33. The molecule has 12 heavy (non-hydrogen) atoms. The Balaban J connectivity index is 2.46. The Bertz CT molecular complexity index is 196. The molecule has 68 valence electrons. The smallest absolute Gasteiger partial charge is 0.309 e. The second-order valence-corrected chi connectivity index (χ2v) is 3.45. The molecule has 0 aromatic carbocycles. The molecule has 1 aliphatic carbocycles. The van der Waals surface area contributed by atoms with Gasteiger partial charge in [-0.25, -0.2) is 0 Å². The molecule has 0 amide bonds. The van der Waals surface area contributed by atoms with Crippen molar-refractivity contribution in [2.45, 2.75) is 26.7 Å². The van der Waals surface area contributed by atoms with Gasteiger partial charge >= 0.3 is 5.97 Å². The van der Waals surface area contributed by atoms with Crippen molar-refractivity contribution < 1.29 is 9.53 Å². The minimum atomic E-state index is -0.0528. The minimum absolute atomic E-state index is 0.0528. The molecule has 1 aliphatic rings. The predicted octanol–water partition coefficient (Wildman–Crippen LogP) is 2.15. The van der Waals surface area contributed by atoms with Crippen LogP contribution in [0.2, 0.25) is 0 Å². The normalized spacial score (nSPS) is 29.0. The molecule has 1 saturated carbocycles. The van der Waals surface area contributed by atoms with E-state index < -0.39 is 0 Å². The van der Waals surface area contributed by atoms with Crippen LogP contribution >= 0.6 is 0 Å². The summed E-state index contributed by atoms with van der Waals surface area (Å²) >= 11 is 0. The maximum atomic E-state index is 11.3. The van der Waals surface area contributed by atoms with Crippen LogP contribution in [0.25, 0.3) is 0 Å². The highest BCUT2D eigenvalue weighted by atomic mass is 16.5. The Morgan fingerprint density at radius 1 is 1.75 bits per heavy atom. The number of allylic oxidation sites excluding steroid dienone is 1. The average molecular weight is 168 g/mol. The first-order valence-corrected chi connectivity index (χ1v) is 4.49. The van der Waals surface area contributed by atoms with E-state index >= 15 is 0 Å². The first-order chi connectivity index (χ1) is 5.65. The van der Waals surface area contributed by atoms with E-state index in [9.17, 15) is 4.79 Å². The van der Waals surface area contributed by atoms with Crippen LogP contribution in [0.4, 0.5) is 0 Å². The van der Waals surface area contributed by atoms with Gasteiger partial charge in [0.25, 0.3) is 0 Å². The van der Waals surface area contributed by atoms with E-state index in [2.05, 4.69) is 13.5 Å². The van der Waals surface area contributed by atoms with Crippen LogP contribution in [0.3, 0.4) is 0 Å². The number of rotatable bonds is 2. The van der Waals surface area contributed by atoms with Crippen LogP contribution in [0.5, 0.6) is 0 Å². The molecule has 2 atom stereocenters. The fraction of sp³-hybridized carbons (Fsp3) is 0.700. The second-order valence-electron chi connectivity index (χ2n) is 3.45. The molecule has 0 radical (unpaired) electrons. The summed E-state index contributed by atoms with van der Waals surface area (Å²) in [6, 6.07) is 0. The first-order valence-electron chi connectivity index (χ1n) is 4.49. The molecule has 0 saturated heterocycles. The van der Waals surface area contributed by atoms with Crippen molar-refractivity contribution in [3.05, 3.63) is 12.2 Å². The van der Waals surface area contributed by atoms with Gasteiger partial charge in [0.1, 0.15) is 0 Å². The molecule has 1 rings (SSSR count). The zero-order valence-electron chi connectivity index (χ0n) is 7.80. The van der Waals surface area contributed by atoms with Crippen molar-refractivity contribution in [3.8, 4) is 0 Å². The van der Waals surface area contributed by atoms with Gasteiger partial charge in [0, 0.05) is 0 Å². The third-order valence-corrected chi connectivity index (χ3v) is 2.46. The predicted molar refractivity (Wildman–Crippen MR) is 47.7 cm³/mol. The van der Waals surface area contributed by atoms with Gasteiger partial charge in [-0.2, -0.15) is 0 Å². The van der Waals surface area contributed by atoms with Crippen molar-refractivity contribution in [1.29, 1.82) is 0 Å². The number of hydrogen-bond donors (Lipinski definition) is 0. The fourth-order valence-electron chi connectivity index (χ4n) is 1.63. The summed E-state index contributed by atoms with van der Waals surface area (Å²) in [6.07, 6.45) is 1.73. The molecular weight excluding hydrogens is 152 g/mol. The van der Waals surface area contributed by atoms with Gasteiger partial charge in [-0.05, 0) is 25.7 Å². The summed E-state index contributed by atoms with van der Waals surface area (Å²) in [4.78, 5) is 11.3. The Morgan fingerprint density at radius 2 is 2.42 bits per heavy atom. The molecule has 0 aliphatic heterocycles. The molecular formula is C10H16O2. The summed E-state index contributed by atoms with van der Waals surface area (Å²) in [7, 11) is 0. The van der Waals surface area contributed by atoms with Gasteiger partial charge < -0.3 is 4.74 Å². The van der Waals surface area contributed by atoms with Crippen molar-refractivity contribution in [2.24, 2.45) is 11.8 Å². The Morgan fingerprint density at radius 3 is 2.83 bits per heavy atom. The summed E-state index contributed by atoms with van der Waals surface area (Å²) in [5.41, 5.74) is 1.19. The van der Waals surface area contributed by atoms with Gasteiger partial charge in [0.2, 0.25) is 0 Å². The molecule has 2 nitrogen and oxygen atoms in total. The van der Waals surface area contributed by atoms with Crippen molar-refractivity contribution in [2.75, 3.05) is 6.61 Å². The van der Waals surface area contributed by atoms with E-state index in [0.29, 0.717) is 12.5 Å². The number of esters is 1. The Labute approximate surface area is 73.6 Å². The molecule has 0 bridgehead atoms. The van der Waals surface area contributed by atoms with Crippen LogP contribution in [0, 0.1) is 11.8 Å². The number of carbonyl (C=O) groups excluding carboxylic acids is 1. The van der Waals surface area contributed by atoms with Crippen LogP contribution < -0.4 is 0 Å². The standard InChI is InChI=1S/C10H16O2/c1-4-12-10(11)9-5-7(2)8(3)6-9/h8-9H,2,4-6H2,1,3H3. The summed E-state index contributed by atoms with van der Waals surface area (Å²) in [5.74, 6) is 0.509. The van der Waals surface area contributed by atoms with E-state index in [4.69, 9.17) is 4.74 Å². The lowest BCUT2D eigenvalue weighted by Crippen LogP contribution is -2.14. The maximum absolute atomic E-state index is 11.3. The second kappa shape index (κ2) is 3.74. The zero-order valence-corrected chi connectivity index (χ0v) is 7.80. The SMILES string of the molecule is C=C1CC(C(=O)OCC)CC1C. The molecule has 0 aromatic rings. The van der Waals surface area contributed by atoms with E-state index in [1.165, 1.54) is 5.57 Å². The number of hydrogen-bond acceptors (Lipinski definition) is 2. The third-order valence-electron chi connectivity index (χ3n) is 2.46. The summed E-state index contributed by atoms with van der Waals surface area (Å²) < 4.78 is 4.94. The van der Waals surface area contributed by atoms with Crippen LogP contribution in [-0.4, -0.2) is 12.6 Å². The molecule has 0 heterocycles. The van der Waals surface area contributed by atoms with E-state index in [1.807, 2.05) is 6.92 Å². The monoisotopic (exact) mass is 168 g/mol. The lowest BCUT2D eigenvalue weighted by Gasteiger charge is -2.06. The van der Waals surface area contributed by atoms with Crippen LogP contribution in [0.15, 0.2) is 12.2 Å². The Hall–Kier alpha value is -0.790. The molecule has 2 heteroatoms. The molecule has 0 N–H and O–H groups in total. The highest BCUT2D eigenvalue weighted by molar-refractivity contribution is 5.73. The van der Waals surface area contributed by atoms with Gasteiger partial charge in [-0.1, -0.05) is 19.1 Å². The molecule has 2 unspecified atom stereocenters. The fourth-order valence-corrected chi connectivity index (χ4v) is 1.63. The third kappa shape index (κ3) is 1.87. The molecule has 1 fully saturated rings. The highest BCUT2D eigenvalue weighted by Crippen LogP contribution is 2.34. The maximum Gasteiger partial charge on any atom is 0.309 e. The lowest BCUT2D eigenvalue weighted by atomic mass is 10.1. The number of ether oxygens (including phenoxy) is 1. The van der Waals surface area contributed by atoms with E-state index in [1.54, 1.807) is 0 Å². The highest BCUT2D eigenvalue weighted by Gasteiger charge is 2.30. The van der Waals surface area contributed by atoms with Crippen molar-refractivity contribution in [1.82, 2.24) is 0 Å². The van der Waals surface area contributed by atoms with Gasteiger partial charge in [0.15, 0.2) is 0 Å². The molecule has 0 spiro atoms. The van der Waals surface area contributed by atoms with Crippen LogP contribution in [-0.2, 0) is 9.53 Å². The Kier molecular flexibility index (Phi) is 2.90. The summed E-state index contributed by atoms with van der Waals surface area (Å²) in [6.45, 7) is 8.35. The minimum Gasteiger partial charge on any atom is -0.466 e. The quantitative estimate of drug-likeness (QED) is 0.466. The van der Waals surface area contributed by atoms with E-state index in [-0.39, 0.29) is 11.9 Å². The molecule has 0 aromatic heterocycles. The topological polar surface area (TPSA) is 26.3 Å². The van der Waals surface area contributed by atoms with E-state index in [0.717, 1.165) is 12.8 Å². The largest absolute Gasteiger partial charge is 0.466 e. The first kappa shape index (κ1) is 9.30.